The van der Waals surface area contributed by atoms with E-state index in [9.17, 15) is 0 Å². The average molecular weight is 344 g/mol. The summed E-state index contributed by atoms with van der Waals surface area (Å²) >= 11 is 2.11. The van der Waals surface area contributed by atoms with E-state index < -0.39 is 0 Å². The highest BCUT2D eigenvalue weighted by atomic mass is 127. The molecule has 1 aromatic carbocycles. The van der Waals surface area contributed by atoms with E-state index in [1.807, 2.05) is 36.4 Å². The first-order valence-corrected chi connectivity index (χ1v) is 8.06. The van der Waals surface area contributed by atoms with E-state index in [0.29, 0.717) is 0 Å². The molecule has 0 fully saturated rings. The maximum absolute atomic E-state index is 5.65. The maximum Gasteiger partial charge on any atom is 0.123 e. The normalized spacial score (nSPS) is 13.2. The van der Waals surface area contributed by atoms with E-state index in [1.165, 1.54) is 9.21 Å². The molecule has 0 aliphatic heterocycles. The van der Waals surface area contributed by atoms with Crippen LogP contribution in [0.25, 0.3) is 0 Å². The summed E-state index contributed by atoms with van der Waals surface area (Å²) in [5.74, 6) is 0. The number of hydrogen-bond donors (Lipinski definition) is 0. The molecule has 3 heteroatoms. The Balaban J connectivity index is 3.03. The second kappa shape index (κ2) is 7.70. The highest BCUT2D eigenvalue weighted by Gasteiger charge is 2.14. The van der Waals surface area contributed by atoms with Crippen molar-refractivity contribution in [2.75, 3.05) is 0 Å². The van der Waals surface area contributed by atoms with Gasteiger partial charge in [0.05, 0.1) is 9.21 Å². The maximum atomic E-state index is 5.65. The highest BCUT2D eigenvalue weighted by Crippen LogP contribution is 2.32. The summed E-state index contributed by atoms with van der Waals surface area (Å²) in [6, 6.07) is 10.1. The average Bonchev–Trinajstić information content (AvgIpc) is 2.35. The molecule has 0 spiro atoms. The molecule has 1 unspecified atom stereocenters. The van der Waals surface area contributed by atoms with Gasteiger partial charge < -0.3 is 0 Å². The highest BCUT2D eigenvalue weighted by molar-refractivity contribution is 14.2. The van der Waals surface area contributed by atoms with E-state index in [2.05, 4.69) is 34.4 Å². The summed E-state index contributed by atoms with van der Waals surface area (Å²) in [5.41, 5.74) is 2.12. The van der Waals surface area contributed by atoms with Gasteiger partial charge >= 0.3 is 0 Å². The van der Waals surface area contributed by atoms with Crippen LogP contribution < -0.4 is 0 Å². The molecule has 84 valence electrons. The number of rotatable bonds is 6. The van der Waals surface area contributed by atoms with Crippen molar-refractivity contribution in [2.24, 2.45) is 0 Å². The Hall–Kier alpha value is -0.520. The number of benzene rings is 1. The predicted molar refractivity (Wildman–Crippen MR) is 80.4 cm³/mol. The molecular formula is C13H13IOS. The predicted octanol–water partition coefficient (Wildman–Crippen LogP) is 5.04. The monoisotopic (exact) mass is 344 g/mol. The van der Waals surface area contributed by atoms with Crippen LogP contribution in [0.15, 0.2) is 67.3 Å². The van der Waals surface area contributed by atoms with E-state index in [4.69, 9.17) is 4.18 Å². The molecule has 0 aliphatic carbocycles. The minimum Gasteiger partial charge on any atom is -0.292 e. The van der Waals surface area contributed by atoms with Crippen LogP contribution in [0.2, 0.25) is 0 Å². The minimum absolute atomic E-state index is 0.0985. The lowest BCUT2D eigenvalue weighted by molar-refractivity contribution is 0.301. The van der Waals surface area contributed by atoms with Crippen molar-refractivity contribution in [1.29, 1.82) is 0 Å². The number of allylic oxidation sites excluding steroid dienone is 2. The zero-order valence-corrected chi connectivity index (χ0v) is 11.8. The Morgan fingerprint density at radius 1 is 1.31 bits per heavy atom. The zero-order chi connectivity index (χ0) is 11.8. The Labute approximate surface area is 113 Å². The smallest absolute Gasteiger partial charge is 0.123 e. The molecule has 0 bridgehead atoms. The summed E-state index contributed by atoms with van der Waals surface area (Å²) in [5, 5.41) is 0. The largest absolute Gasteiger partial charge is 0.292 e. The van der Waals surface area contributed by atoms with Crippen molar-refractivity contribution >= 4 is 30.4 Å². The molecule has 16 heavy (non-hydrogen) atoms. The lowest BCUT2D eigenvalue weighted by Crippen LogP contribution is -2.01. The van der Waals surface area contributed by atoms with Crippen molar-refractivity contribution in [1.82, 2.24) is 0 Å². The summed E-state index contributed by atoms with van der Waals surface area (Å²) in [6.07, 6.45) is 5.36. The molecule has 0 aromatic heterocycles. The number of hydrogen-bond acceptors (Lipinski definition) is 2. The SMILES string of the molecule is C=C/C=C(\C=C)C(OSI)c1ccccc1. The van der Waals surface area contributed by atoms with Gasteiger partial charge in [-0.2, -0.15) is 0 Å². The lowest BCUT2D eigenvalue weighted by Gasteiger charge is -2.16. The number of halogens is 1. The molecule has 0 aliphatic rings. The quantitative estimate of drug-likeness (QED) is 0.406. The van der Waals surface area contributed by atoms with Gasteiger partial charge in [0, 0.05) is 21.2 Å². The van der Waals surface area contributed by atoms with Gasteiger partial charge in [-0.1, -0.05) is 61.7 Å². The van der Waals surface area contributed by atoms with Gasteiger partial charge in [0.2, 0.25) is 0 Å². The molecule has 0 heterocycles. The van der Waals surface area contributed by atoms with Crippen molar-refractivity contribution in [3.05, 3.63) is 72.9 Å². The van der Waals surface area contributed by atoms with E-state index in [-0.39, 0.29) is 6.10 Å². The van der Waals surface area contributed by atoms with Crippen molar-refractivity contribution in [3.63, 3.8) is 0 Å². The second-order valence-electron chi connectivity index (χ2n) is 3.06. The summed E-state index contributed by atoms with van der Waals surface area (Å²) in [4.78, 5) is 0. The fourth-order valence-electron chi connectivity index (χ4n) is 1.37. The van der Waals surface area contributed by atoms with Gasteiger partial charge in [-0.3, -0.25) is 4.18 Å². The third-order valence-electron chi connectivity index (χ3n) is 2.08. The molecule has 1 atom stereocenters. The summed E-state index contributed by atoms with van der Waals surface area (Å²) in [7, 11) is 1.32. The van der Waals surface area contributed by atoms with Crippen LogP contribution in [0.4, 0.5) is 0 Å². The standard InChI is InChI=1S/C13H13IOS/c1-3-8-11(4-2)13(15-16-14)12-9-6-5-7-10-12/h3-10,13H,1-2H2/b11-8+. The second-order valence-corrected chi connectivity index (χ2v) is 4.45. The van der Waals surface area contributed by atoms with E-state index in [1.54, 1.807) is 12.2 Å². The molecule has 0 radical (unpaired) electrons. The molecule has 0 N–H and O–H groups in total. The van der Waals surface area contributed by atoms with E-state index >= 15 is 0 Å². The third kappa shape index (κ3) is 3.81. The topological polar surface area (TPSA) is 9.23 Å². The Morgan fingerprint density at radius 2 is 2.00 bits per heavy atom. The van der Waals surface area contributed by atoms with Crippen LogP contribution in [0.3, 0.4) is 0 Å². The summed E-state index contributed by atoms with van der Waals surface area (Å²) in [6.45, 7) is 7.50. The zero-order valence-electron chi connectivity index (χ0n) is 8.80. The van der Waals surface area contributed by atoms with Crippen LogP contribution in [-0.2, 0) is 4.18 Å². The first-order chi connectivity index (χ1) is 7.83. The lowest BCUT2D eigenvalue weighted by atomic mass is 10.0. The molecule has 0 saturated heterocycles. The third-order valence-corrected chi connectivity index (χ3v) is 2.97. The van der Waals surface area contributed by atoms with Crippen LogP contribution in [0.1, 0.15) is 11.7 Å². The Morgan fingerprint density at radius 3 is 2.50 bits per heavy atom. The molecule has 0 amide bonds. The minimum atomic E-state index is -0.0985. The van der Waals surface area contributed by atoms with Crippen LogP contribution >= 0.6 is 30.4 Å². The van der Waals surface area contributed by atoms with Crippen LogP contribution in [-0.4, -0.2) is 0 Å². The first-order valence-electron chi connectivity index (χ1n) is 4.77. The van der Waals surface area contributed by atoms with Gasteiger partial charge in [-0.05, 0) is 11.1 Å². The van der Waals surface area contributed by atoms with E-state index in [0.717, 1.165) is 11.1 Å². The molecule has 1 rings (SSSR count). The van der Waals surface area contributed by atoms with Crippen molar-refractivity contribution in [3.8, 4) is 0 Å². The molecule has 1 aromatic rings. The fraction of sp³-hybridized carbons (Fsp3) is 0.0769. The van der Waals surface area contributed by atoms with Gasteiger partial charge in [0.15, 0.2) is 0 Å². The summed E-state index contributed by atoms with van der Waals surface area (Å²) < 4.78 is 5.65. The molecule has 1 nitrogen and oxygen atoms in total. The Bertz CT molecular complexity index is 373. The van der Waals surface area contributed by atoms with Crippen molar-refractivity contribution in [2.45, 2.75) is 6.10 Å². The first kappa shape index (κ1) is 13.5. The fourth-order valence-corrected chi connectivity index (χ4v) is 2.28. The van der Waals surface area contributed by atoms with Gasteiger partial charge in [0.1, 0.15) is 6.10 Å². The Kier molecular flexibility index (Phi) is 6.52. The van der Waals surface area contributed by atoms with Gasteiger partial charge in [-0.15, -0.1) is 0 Å². The van der Waals surface area contributed by atoms with Crippen LogP contribution in [0, 0.1) is 0 Å². The molecule has 0 saturated carbocycles. The van der Waals surface area contributed by atoms with Crippen LogP contribution in [0.5, 0.6) is 0 Å². The molecular weight excluding hydrogens is 331 g/mol. The van der Waals surface area contributed by atoms with Gasteiger partial charge in [-0.25, -0.2) is 0 Å². The van der Waals surface area contributed by atoms with Gasteiger partial charge in [0.25, 0.3) is 0 Å². The van der Waals surface area contributed by atoms with Crippen molar-refractivity contribution < 1.29 is 4.18 Å².